The molecule has 1 aliphatic carbocycles. The molecule has 1 aromatic rings. The molecule has 0 atom stereocenters. The van der Waals surface area contributed by atoms with Gasteiger partial charge in [-0.3, -0.25) is 4.79 Å². The molecule has 1 fully saturated rings. The summed E-state index contributed by atoms with van der Waals surface area (Å²) in [7, 11) is 0. The number of benzene rings is 2. The Morgan fingerprint density at radius 2 is 1.72 bits per heavy atom. The molecular formula is C23H28N2O4. The van der Waals surface area contributed by atoms with Gasteiger partial charge in [0.05, 0.1) is 13.2 Å². The van der Waals surface area contributed by atoms with Crippen LogP contribution < -0.4 is 10.3 Å². The Hall–Kier alpha value is -2.60. The summed E-state index contributed by atoms with van der Waals surface area (Å²) in [6, 6.07) is 3.62. The van der Waals surface area contributed by atoms with E-state index in [1.807, 2.05) is 40.7 Å². The van der Waals surface area contributed by atoms with Gasteiger partial charge in [-0.2, -0.15) is 0 Å². The summed E-state index contributed by atoms with van der Waals surface area (Å²) in [6.45, 7) is 12.8. The van der Waals surface area contributed by atoms with Gasteiger partial charge in [0.15, 0.2) is 16.8 Å². The fourth-order valence-corrected chi connectivity index (χ4v) is 4.30. The molecule has 0 aromatic heterocycles. The van der Waals surface area contributed by atoms with E-state index in [1.165, 1.54) is 0 Å². The summed E-state index contributed by atoms with van der Waals surface area (Å²) in [5.74, 6) is 0.691. The van der Waals surface area contributed by atoms with Gasteiger partial charge in [-0.15, -0.1) is 0 Å². The predicted molar refractivity (Wildman–Crippen MR) is 115 cm³/mol. The molecule has 6 nitrogen and oxygen atoms in total. The number of fused-ring (bicyclic) bond motifs is 2. The molecule has 0 saturated carbocycles. The standard InChI is InChI=1S/C23H28N2O4/c1-12(2)18-14(5)20-23(19(13(3)4)22(18)27)29-17-11-15(10-16(26)21(17)24-20)25-6-8-28-9-7-25/h10-13,26H,6-9H2,1-5H3. The first-order valence-electron chi connectivity index (χ1n) is 10.3. The second-order valence-corrected chi connectivity index (χ2v) is 8.39. The van der Waals surface area contributed by atoms with Gasteiger partial charge in [0.25, 0.3) is 0 Å². The van der Waals surface area contributed by atoms with Crippen LogP contribution in [0, 0.1) is 6.92 Å². The number of phenolic OH excluding ortho intramolecular Hbond substituents is 1. The van der Waals surface area contributed by atoms with Crippen LogP contribution in [0.2, 0.25) is 0 Å². The highest BCUT2D eigenvalue weighted by molar-refractivity contribution is 5.87. The molecule has 3 aliphatic rings. The van der Waals surface area contributed by atoms with Crippen molar-refractivity contribution in [2.45, 2.75) is 46.5 Å². The van der Waals surface area contributed by atoms with Crippen molar-refractivity contribution in [3.63, 3.8) is 0 Å². The number of hydrogen-bond donors (Lipinski definition) is 1. The van der Waals surface area contributed by atoms with Gasteiger partial charge >= 0.3 is 0 Å². The number of anilines is 1. The quantitative estimate of drug-likeness (QED) is 0.662. The fourth-order valence-electron chi connectivity index (χ4n) is 4.30. The van der Waals surface area contributed by atoms with Crippen molar-refractivity contribution in [3.8, 4) is 17.2 Å². The lowest BCUT2D eigenvalue weighted by molar-refractivity contribution is 0.122. The Morgan fingerprint density at radius 1 is 1.07 bits per heavy atom. The molecule has 0 spiro atoms. The second kappa shape index (κ2) is 7.34. The maximum atomic E-state index is 13.2. The van der Waals surface area contributed by atoms with E-state index in [1.54, 1.807) is 6.07 Å². The lowest BCUT2D eigenvalue weighted by Gasteiger charge is -2.29. The van der Waals surface area contributed by atoms with E-state index in [0.717, 1.165) is 29.9 Å². The van der Waals surface area contributed by atoms with Gasteiger partial charge in [0.2, 0.25) is 0 Å². The Balaban J connectivity index is 2.03. The summed E-state index contributed by atoms with van der Waals surface area (Å²) in [4.78, 5) is 20.2. The van der Waals surface area contributed by atoms with Crippen LogP contribution in [0.15, 0.2) is 21.3 Å². The zero-order valence-electron chi connectivity index (χ0n) is 17.7. The lowest BCUT2D eigenvalue weighted by Crippen LogP contribution is -2.36. The number of nitrogens with zero attached hydrogens (tertiary/aromatic N) is 2. The summed E-state index contributed by atoms with van der Waals surface area (Å²) in [6.07, 6.45) is 0. The SMILES string of the molecule is Cc1c2nc3c(O)cc(N4CCOCC4)cc3oc-2c(C(C)C)c(=O)c1C(C)C. The Kier molecular flexibility index (Phi) is 4.99. The van der Waals surface area contributed by atoms with E-state index < -0.39 is 0 Å². The van der Waals surface area contributed by atoms with Crippen LogP contribution in [0.5, 0.6) is 5.75 Å². The number of aromatic hydroxyl groups is 1. The number of aromatic nitrogens is 1. The number of phenols is 1. The largest absolute Gasteiger partial charge is 0.505 e. The van der Waals surface area contributed by atoms with Gasteiger partial charge in [-0.05, 0) is 24.3 Å². The first kappa shape index (κ1) is 19.7. The van der Waals surface area contributed by atoms with E-state index in [4.69, 9.17) is 14.1 Å². The van der Waals surface area contributed by atoms with E-state index in [-0.39, 0.29) is 23.0 Å². The smallest absolute Gasteiger partial charge is 0.189 e. The Morgan fingerprint density at radius 3 is 2.34 bits per heavy atom. The Bertz CT molecular complexity index is 1090. The van der Waals surface area contributed by atoms with E-state index in [9.17, 15) is 9.90 Å². The minimum absolute atomic E-state index is 0.00197. The first-order chi connectivity index (χ1) is 13.8. The molecule has 4 rings (SSSR count). The van der Waals surface area contributed by atoms with Crippen LogP contribution in [-0.2, 0) is 4.74 Å². The van der Waals surface area contributed by atoms with Crippen molar-refractivity contribution in [1.82, 2.24) is 4.98 Å². The highest BCUT2D eigenvalue weighted by atomic mass is 16.5. The maximum Gasteiger partial charge on any atom is 0.189 e. The molecule has 1 N–H and O–H groups in total. The van der Waals surface area contributed by atoms with Crippen LogP contribution in [0.4, 0.5) is 5.69 Å². The van der Waals surface area contributed by atoms with Crippen LogP contribution in [0.1, 0.15) is 56.2 Å². The lowest BCUT2D eigenvalue weighted by atomic mass is 9.87. The first-order valence-corrected chi connectivity index (χ1v) is 10.3. The summed E-state index contributed by atoms with van der Waals surface area (Å²) >= 11 is 0. The molecule has 2 heterocycles. The predicted octanol–water partition coefficient (Wildman–Crippen LogP) is 4.39. The van der Waals surface area contributed by atoms with Gasteiger partial charge in [-0.1, -0.05) is 27.7 Å². The highest BCUT2D eigenvalue weighted by Gasteiger charge is 2.28. The minimum atomic E-state index is 0.00197. The van der Waals surface area contributed by atoms with Gasteiger partial charge in [0.1, 0.15) is 17.0 Å². The molecule has 2 aliphatic heterocycles. The zero-order chi connectivity index (χ0) is 20.9. The molecule has 0 amide bonds. The van der Waals surface area contributed by atoms with Crippen molar-refractivity contribution >= 4 is 16.8 Å². The molecule has 0 radical (unpaired) electrons. The number of rotatable bonds is 3. The summed E-state index contributed by atoms with van der Waals surface area (Å²) < 4.78 is 11.7. The third kappa shape index (κ3) is 3.25. The molecule has 154 valence electrons. The zero-order valence-corrected chi connectivity index (χ0v) is 17.7. The third-order valence-corrected chi connectivity index (χ3v) is 5.71. The summed E-state index contributed by atoms with van der Waals surface area (Å²) in [5.41, 5.74) is 4.71. The van der Waals surface area contributed by atoms with Crippen molar-refractivity contribution in [2.24, 2.45) is 0 Å². The molecule has 6 heteroatoms. The average Bonchev–Trinajstić information content (AvgIpc) is 2.67. The average molecular weight is 396 g/mol. The molecule has 1 saturated heterocycles. The topological polar surface area (TPSA) is 75.8 Å². The molecule has 29 heavy (non-hydrogen) atoms. The van der Waals surface area contributed by atoms with Crippen molar-refractivity contribution in [2.75, 3.05) is 31.2 Å². The van der Waals surface area contributed by atoms with E-state index in [2.05, 4.69) is 4.90 Å². The molecule has 0 unspecified atom stereocenters. The third-order valence-electron chi connectivity index (χ3n) is 5.71. The van der Waals surface area contributed by atoms with Crippen LogP contribution >= 0.6 is 0 Å². The normalized spacial score (nSPS) is 15.2. The monoisotopic (exact) mass is 396 g/mol. The van der Waals surface area contributed by atoms with Crippen molar-refractivity contribution in [3.05, 3.63) is 39.0 Å². The fraction of sp³-hybridized carbons (Fsp3) is 0.478. The van der Waals surface area contributed by atoms with Gasteiger partial charge < -0.3 is 19.2 Å². The number of hydrogen-bond acceptors (Lipinski definition) is 6. The minimum Gasteiger partial charge on any atom is -0.505 e. The van der Waals surface area contributed by atoms with Crippen molar-refractivity contribution < 1.29 is 14.3 Å². The maximum absolute atomic E-state index is 13.2. The van der Waals surface area contributed by atoms with Crippen LogP contribution in [-0.4, -0.2) is 36.4 Å². The Labute approximate surface area is 170 Å². The van der Waals surface area contributed by atoms with Crippen LogP contribution in [0.3, 0.4) is 0 Å². The molecule has 0 bridgehead atoms. The van der Waals surface area contributed by atoms with Gasteiger partial charge in [0, 0.05) is 42.0 Å². The van der Waals surface area contributed by atoms with Crippen LogP contribution in [0.25, 0.3) is 22.6 Å². The molecule has 1 aromatic carbocycles. The highest BCUT2D eigenvalue weighted by Crippen LogP contribution is 2.39. The number of ether oxygens (including phenoxy) is 1. The van der Waals surface area contributed by atoms with Gasteiger partial charge in [-0.25, -0.2) is 4.98 Å². The van der Waals surface area contributed by atoms with E-state index >= 15 is 0 Å². The second-order valence-electron chi connectivity index (χ2n) is 8.39. The number of morpholine rings is 1. The summed E-state index contributed by atoms with van der Waals surface area (Å²) in [5, 5.41) is 10.7. The molecular weight excluding hydrogens is 368 g/mol. The van der Waals surface area contributed by atoms with Crippen molar-refractivity contribution in [1.29, 1.82) is 0 Å². The van der Waals surface area contributed by atoms with E-state index in [0.29, 0.717) is 41.3 Å².